The number of aromatic nitrogens is 1. The summed E-state index contributed by atoms with van der Waals surface area (Å²) in [5, 5.41) is 7.99. The van der Waals surface area contributed by atoms with E-state index >= 15 is 0 Å². The Kier molecular flexibility index (Phi) is 3.79. The van der Waals surface area contributed by atoms with Gasteiger partial charge in [-0.3, -0.25) is 5.41 Å². The van der Waals surface area contributed by atoms with Crippen LogP contribution in [0.25, 0.3) is 0 Å². The Morgan fingerprint density at radius 3 is 2.61 bits per heavy atom. The van der Waals surface area contributed by atoms with Crippen LogP contribution >= 0.6 is 11.6 Å². The summed E-state index contributed by atoms with van der Waals surface area (Å²) in [6.45, 7) is 0.394. The number of rotatable bonds is 4. The maximum absolute atomic E-state index is 7.30. The van der Waals surface area contributed by atoms with Crippen LogP contribution < -0.4 is 10.5 Å². The van der Waals surface area contributed by atoms with Gasteiger partial charge in [-0.15, -0.1) is 0 Å². The molecular formula is C13H12ClN3O. The van der Waals surface area contributed by atoms with Crippen molar-refractivity contribution in [1.82, 2.24) is 4.98 Å². The Morgan fingerprint density at radius 1 is 1.22 bits per heavy atom. The van der Waals surface area contributed by atoms with Gasteiger partial charge in [0.05, 0.1) is 0 Å². The molecule has 2 rings (SSSR count). The Hall–Kier alpha value is -2.07. The maximum Gasteiger partial charge on any atom is 0.214 e. The molecule has 0 aliphatic carbocycles. The lowest BCUT2D eigenvalue weighted by molar-refractivity contribution is 0.294. The summed E-state index contributed by atoms with van der Waals surface area (Å²) in [6, 6.07) is 12.5. The van der Waals surface area contributed by atoms with Crippen molar-refractivity contribution >= 4 is 17.4 Å². The normalized spacial score (nSPS) is 10.1. The average molecular weight is 262 g/mol. The lowest BCUT2D eigenvalue weighted by Crippen LogP contribution is -2.13. The van der Waals surface area contributed by atoms with Crippen LogP contribution in [0.5, 0.6) is 5.88 Å². The number of benzene rings is 1. The third kappa shape index (κ3) is 3.21. The average Bonchev–Trinajstić information content (AvgIpc) is 2.38. The molecule has 0 aliphatic heterocycles. The number of pyridine rings is 1. The Balaban J connectivity index is 2.04. The number of nitrogen functional groups attached to an aromatic ring is 1. The van der Waals surface area contributed by atoms with E-state index in [0.29, 0.717) is 23.2 Å². The molecule has 0 atom stereocenters. The van der Waals surface area contributed by atoms with E-state index in [-0.39, 0.29) is 5.84 Å². The van der Waals surface area contributed by atoms with Gasteiger partial charge in [0.2, 0.25) is 5.88 Å². The van der Waals surface area contributed by atoms with Gasteiger partial charge in [0.15, 0.2) is 0 Å². The van der Waals surface area contributed by atoms with Gasteiger partial charge in [-0.25, -0.2) is 4.98 Å². The highest BCUT2D eigenvalue weighted by molar-refractivity contribution is 6.30. The first-order valence-electron chi connectivity index (χ1n) is 5.34. The molecule has 2 aromatic rings. The molecule has 0 bridgehead atoms. The molecule has 18 heavy (non-hydrogen) atoms. The topological polar surface area (TPSA) is 72.0 Å². The first kappa shape index (κ1) is 12.4. The largest absolute Gasteiger partial charge is 0.473 e. The number of nitrogens with two attached hydrogens (primary N) is 1. The van der Waals surface area contributed by atoms with Crippen molar-refractivity contribution in [1.29, 1.82) is 5.41 Å². The fraction of sp³-hybridized carbons (Fsp3) is 0.0769. The zero-order valence-electron chi connectivity index (χ0n) is 9.56. The summed E-state index contributed by atoms with van der Waals surface area (Å²) in [6.07, 6.45) is 0. The first-order chi connectivity index (χ1) is 8.65. The number of hydrogen-bond acceptors (Lipinski definition) is 3. The molecule has 0 aliphatic rings. The smallest absolute Gasteiger partial charge is 0.214 e. The van der Waals surface area contributed by atoms with Gasteiger partial charge in [0.25, 0.3) is 0 Å². The fourth-order valence-corrected chi connectivity index (χ4v) is 1.51. The van der Waals surface area contributed by atoms with Crippen LogP contribution in [0.1, 0.15) is 11.3 Å². The SMILES string of the molecule is N=C(N)c1cccc(OCc2ccc(Cl)cc2)n1. The first-order valence-corrected chi connectivity index (χ1v) is 5.71. The van der Waals surface area contributed by atoms with Gasteiger partial charge >= 0.3 is 0 Å². The number of amidine groups is 1. The number of nitrogens with one attached hydrogen (secondary N) is 1. The molecule has 0 amide bonds. The molecule has 0 radical (unpaired) electrons. The third-order valence-corrected chi connectivity index (χ3v) is 2.55. The lowest BCUT2D eigenvalue weighted by Gasteiger charge is -2.06. The Bertz CT molecular complexity index is 554. The maximum atomic E-state index is 7.30. The number of nitrogens with zero attached hydrogens (tertiary/aromatic N) is 1. The molecule has 92 valence electrons. The predicted octanol–water partition coefficient (Wildman–Crippen LogP) is 2.60. The van der Waals surface area contributed by atoms with E-state index in [2.05, 4.69) is 4.98 Å². The lowest BCUT2D eigenvalue weighted by atomic mass is 10.2. The molecule has 5 heteroatoms. The van der Waals surface area contributed by atoms with Crippen LogP contribution in [0.4, 0.5) is 0 Å². The molecular weight excluding hydrogens is 250 g/mol. The van der Waals surface area contributed by atoms with Crippen molar-refractivity contribution in [2.24, 2.45) is 5.73 Å². The van der Waals surface area contributed by atoms with Gasteiger partial charge in [-0.1, -0.05) is 29.8 Å². The van der Waals surface area contributed by atoms with Crippen molar-refractivity contribution in [2.75, 3.05) is 0 Å². The van der Waals surface area contributed by atoms with Gasteiger partial charge in [0.1, 0.15) is 18.1 Å². The Labute approximate surface area is 110 Å². The van der Waals surface area contributed by atoms with Gasteiger partial charge in [0, 0.05) is 11.1 Å². The highest BCUT2D eigenvalue weighted by Gasteiger charge is 2.01. The van der Waals surface area contributed by atoms with Crippen LogP contribution in [-0.4, -0.2) is 10.8 Å². The summed E-state index contributed by atoms with van der Waals surface area (Å²) in [4.78, 5) is 4.11. The van der Waals surface area contributed by atoms with Crippen LogP contribution in [0.3, 0.4) is 0 Å². The van der Waals surface area contributed by atoms with Crippen molar-refractivity contribution in [2.45, 2.75) is 6.61 Å². The summed E-state index contributed by atoms with van der Waals surface area (Å²) < 4.78 is 5.52. The van der Waals surface area contributed by atoms with Crippen LogP contribution in [0.2, 0.25) is 5.02 Å². The molecule has 4 nitrogen and oxygen atoms in total. The number of halogens is 1. The van der Waals surface area contributed by atoms with Crippen LogP contribution in [0, 0.1) is 5.41 Å². The summed E-state index contributed by atoms with van der Waals surface area (Å²) in [7, 11) is 0. The zero-order chi connectivity index (χ0) is 13.0. The van der Waals surface area contributed by atoms with Gasteiger partial charge in [-0.05, 0) is 23.8 Å². The summed E-state index contributed by atoms with van der Waals surface area (Å²) in [5.74, 6) is 0.365. The van der Waals surface area contributed by atoms with Crippen molar-refractivity contribution in [3.63, 3.8) is 0 Å². The minimum atomic E-state index is -0.0769. The summed E-state index contributed by atoms with van der Waals surface area (Å²) in [5.41, 5.74) is 6.76. The van der Waals surface area contributed by atoms with E-state index < -0.39 is 0 Å². The molecule has 1 aromatic heterocycles. The molecule has 3 N–H and O–H groups in total. The van der Waals surface area contributed by atoms with Gasteiger partial charge < -0.3 is 10.5 Å². The summed E-state index contributed by atoms with van der Waals surface area (Å²) >= 11 is 5.79. The van der Waals surface area contributed by atoms with Crippen molar-refractivity contribution in [3.8, 4) is 5.88 Å². The molecule has 0 unspecified atom stereocenters. The van der Waals surface area contributed by atoms with E-state index in [9.17, 15) is 0 Å². The quantitative estimate of drug-likeness (QED) is 0.656. The van der Waals surface area contributed by atoms with Crippen molar-refractivity contribution < 1.29 is 4.74 Å². The second kappa shape index (κ2) is 5.51. The van der Waals surface area contributed by atoms with Crippen molar-refractivity contribution in [3.05, 3.63) is 58.7 Å². The Morgan fingerprint density at radius 2 is 1.94 bits per heavy atom. The number of ether oxygens (including phenoxy) is 1. The molecule has 0 spiro atoms. The second-order valence-electron chi connectivity index (χ2n) is 3.69. The minimum Gasteiger partial charge on any atom is -0.473 e. The highest BCUT2D eigenvalue weighted by Crippen LogP contribution is 2.13. The van der Waals surface area contributed by atoms with E-state index in [1.54, 1.807) is 30.3 Å². The van der Waals surface area contributed by atoms with E-state index in [0.717, 1.165) is 5.56 Å². The number of hydrogen-bond donors (Lipinski definition) is 2. The molecule has 1 aromatic carbocycles. The third-order valence-electron chi connectivity index (χ3n) is 2.30. The monoisotopic (exact) mass is 261 g/mol. The molecule has 0 saturated carbocycles. The molecule has 0 saturated heterocycles. The van der Waals surface area contributed by atoms with Crippen LogP contribution in [0.15, 0.2) is 42.5 Å². The highest BCUT2D eigenvalue weighted by atomic mass is 35.5. The predicted molar refractivity (Wildman–Crippen MR) is 71.0 cm³/mol. The standard InChI is InChI=1S/C13H12ClN3O/c14-10-6-4-9(5-7-10)8-18-12-3-1-2-11(17-12)13(15)16/h1-7H,8H2,(H3,15,16). The van der Waals surface area contributed by atoms with Crippen LogP contribution in [-0.2, 0) is 6.61 Å². The molecule has 0 fully saturated rings. The molecule has 1 heterocycles. The second-order valence-corrected chi connectivity index (χ2v) is 4.13. The zero-order valence-corrected chi connectivity index (χ0v) is 10.3. The van der Waals surface area contributed by atoms with E-state index in [1.165, 1.54) is 0 Å². The fourth-order valence-electron chi connectivity index (χ4n) is 1.38. The minimum absolute atomic E-state index is 0.0769. The van der Waals surface area contributed by atoms with E-state index in [4.69, 9.17) is 27.5 Å². The van der Waals surface area contributed by atoms with E-state index in [1.807, 2.05) is 12.1 Å². The van der Waals surface area contributed by atoms with Gasteiger partial charge in [-0.2, -0.15) is 0 Å².